The van der Waals surface area contributed by atoms with Crippen LogP contribution >= 0.6 is 11.8 Å². The molecule has 0 bridgehead atoms. The number of hydrogen-bond donors (Lipinski definition) is 2. The van der Waals surface area contributed by atoms with E-state index in [1.807, 2.05) is 50.2 Å². The molecular formula is C18H20N4O4S. The predicted molar refractivity (Wildman–Crippen MR) is 100 cm³/mol. The second kappa shape index (κ2) is 10.3. The van der Waals surface area contributed by atoms with Gasteiger partial charge in [-0.05, 0) is 25.5 Å². The molecule has 2 N–H and O–H groups in total. The van der Waals surface area contributed by atoms with Gasteiger partial charge < -0.3 is 10.1 Å². The van der Waals surface area contributed by atoms with Crippen LogP contribution in [0.5, 0.6) is 0 Å². The third-order valence-electron chi connectivity index (χ3n) is 3.19. The second-order valence-electron chi connectivity index (χ2n) is 5.60. The number of benzene rings is 1. The van der Waals surface area contributed by atoms with E-state index in [0.29, 0.717) is 5.16 Å². The molecule has 9 heteroatoms. The molecular weight excluding hydrogens is 368 g/mol. The number of esters is 1. The first-order valence-electron chi connectivity index (χ1n) is 8.14. The number of ether oxygens (including phenoxy) is 1. The molecule has 0 saturated heterocycles. The average molecular weight is 388 g/mol. The van der Waals surface area contributed by atoms with Crippen LogP contribution in [0.3, 0.4) is 0 Å². The highest BCUT2D eigenvalue weighted by Gasteiger charge is 2.12. The lowest BCUT2D eigenvalue weighted by molar-refractivity contribution is -0.145. The zero-order valence-corrected chi connectivity index (χ0v) is 15.8. The molecule has 27 heavy (non-hydrogen) atoms. The number of thioether (sulfide) groups is 1. The van der Waals surface area contributed by atoms with Gasteiger partial charge in [0.05, 0.1) is 5.75 Å². The summed E-state index contributed by atoms with van der Waals surface area (Å²) >= 11 is 1.12. The standard InChI is InChI=1S/C18H20N4O4S/c1-12-8-13(2)21-18(20-12)27-11-16(24)26-10-15(23)22-17(25)19-9-14-6-4-3-5-7-14/h3-8H,9-11H2,1-2H3,(H2,19,22,23,25). The molecule has 0 atom stereocenters. The van der Waals surface area contributed by atoms with Gasteiger partial charge >= 0.3 is 12.0 Å². The van der Waals surface area contributed by atoms with Crippen LogP contribution in [0.4, 0.5) is 4.79 Å². The Morgan fingerprint density at radius 1 is 1.07 bits per heavy atom. The summed E-state index contributed by atoms with van der Waals surface area (Å²) in [5.41, 5.74) is 2.51. The molecule has 0 radical (unpaired) electrons. The van der Waals surface area contributed by atoms with Crippen molar-refractivity contribution < 1.29 is 19.1 Å². The number of rotatable bonds is 7. The van der Waals surface area contributed by atoms with Crippen molar-refractivity contribution in [3.05, 3.63) is 53.3 Å². The van der Waals surface area contributed by atoms with Crippen molar-refractivity contribution in [1.29, 1.82) is 0 Å². The molecule has 0 saturated carbocycles. The first-order valence-corrected chi connectivity index (χ1v) is 9.13. The van der Waals surface area contributed by atoms with Crippen molar-refractivity contribution in [2.75, 3.05) is 12.4 Å². The lowest BCUT2D eigenvalue weighted by atomic mass is 10.2. The smallest absolute Gasteiger partial charge is 0.321 e. The van der Waals surface area contributed by atoms with Crippen LogP contribution in [0, 0.1) is 13.8 Å². The maximum Gasteiger partial charge on any atom is 0.321 e. The number of nitrogens with zero attached hydrogens (tertiary/aromatic N) is 2. The van der Waals surface area contributed by atoms with E-state index in [2.05, 4.69) is 20.6 Å². The van der Waals surface area contributed by atoms with Gasteiger partial charge in [0.25, 0.3) is 5.91 Å². The minimum absolute atomic E-state index is 0.0314. The highest BCUT2D eigenvalue weighted by Crippen LogP contribution is 2.14. The largest absolute Gasteiger partial charge is 0.455 e. The van der Waals surface area contributed by atoms with Gasteiger partial charge in [0.2, 0.25) is 0 Å². The van der Waals surface area contributed by atoms with E-state index in [0.717, 1.165) is 28.7 Å². The van der Waals surface area contributed by atoms with Crippen molar-refractivity contribution in [2.45, 2.75) is 25.5 Å². The fourth-order valence-corrected chi connectivity index (χ4v) is 2.80. The van der Waals surface area contributed by atoms with Crippen LogP contribution in [-0.4, -0.2) is 40.2 Å². The van der Waals surface area contributed by atoms with Crippen LogP contribution in [0.25, 0.3) is 0 Å². The van der Waals surface area contributed by atoms with Gasteiger partial charge in [-0.3, -0.25) is 14.9 Å². The molecule has 1 heterocycles. The van der Waals surface area contributed by atoms with Crippen LogP contribution in [0.2, 0.25) is 0 Å². The quantitative estimate of drug-likeness (QED) is 0.422. The van der Waals surface area contributed by atoms with Crippen molar-refractivity contribution >= 4 is 29.7 Å². The minimum atomic E-state index is -0.707. The number of aryl methyl sites for hydroxylation is 2. The molecule has 0 spiro atoms. The Labute approximate surface area is 161 Å². The van der Waals surface area contributed by atoms with Gasteiger partial charge in [0.1, 0.15) is 0 Å². The molecule has 8 nitrogen and oxygen atoms in total. The molecule has 142 valence electrons. The highest BCUT2D eigenvalue weighted by molar-refractivity contribution is 7.99. The molecule has 0 aliphatic heterocycles. The zero-order valence-electron chi connectivity index (χ0n) is 15.0. The Morgan fingerprint density at radius 3 is 2.41 bits per heavy atom. The van der Waals surface area contributed by atoms with Gasteiger partial charge in [0.15, 0.2) is 11.8 Å². The minimum Gasteiger partial charge on any atom is -0.455 e. The lowest BCUT2D eigenvalue weighted by Gasteiger charge is -2.07. The van der Waals surface area contributed by atoms with Crippen LogP contribution in [0.15, 0.2) is 41.6 Å². The number of imide groups is 1. The first-order chi connectivity index (χ1) is 12.9. The lowest BCUT2D eigenvalue weighted by Crippen LogP contribution is -2.41. The maximum absolute atomic E-state index is 11.7. The first kappa shape index (κ1) is 20.4. The van der Waals surface area contributed by atoms with Crippen LogP contribution in [-0.2, 0) is 20.9 Å². The SMILES string of the molecule is Cc1cc(C)nc(SCC(=O)OCC(=O)NC(=O)NCc2ccccc2)n1. The summed E-state index contributed by atoms with van der Waals surface area (Å²) in [7, 11) is 0. The summed E-state index contributed by atoms with van der Waals surface area (Å²) < 4.78 is 4.84. The number of carbonyl (C=O) groups excluding carboxylic acids is 3. The normalized spacial score (nSPS) is 10.1. The van der Waals surface area contributed by atoms with Gasteiger partial charge in [-0.25, -0.2) is 14.8 Å². The summed E-state index contributed by atoms with van der Waals surface area (Å²) in [6.07, 6.45) is 0. The van der Waals surface area contributed by atoms with E-state index in [-0.39, 0.29) is 12.3 Å². The fraction of sp³-hybridized carbons (Fsp3) is 0.278. The van der Waals surface area contributed by atoms with Crippen molar-refractivity contribution in [3.8, 4) is 0 Å². The molecule has 2 aromatic rings. The van der Waals surface area contributed by atoms with Gasteiger partial charge in [-0.1, -0.05) is 42.1 Å². The molecule has 2 rings (SSSR count). The molecule has 0 aliphatic carbocycles. The Bertz CT molecular complexity index is 794. The van der Waals surface area contributed by atoms with Gasteiger partial charge in [-0.2, -0.15) is 0 Å². The Kier molecular flexibility index (Phi) is 7.75. The molecule has 0 unspecified atom stereocenters. The third-order valence-corrected chi connectivity index (χ3v) is 4.01. The van der Waals surface area contributed by atoms with E-state index in [9.17, 15) is 14.4 Å². The summed E-state index contributed by atoms with van der Waals surface area (Å²) in [4.78, 5) is 43.4. The van der Waals surface area contributed by atoms with E-state index in [1.165, 1.54) is 0 Å². The van der Waals surface area contributed by atoms with Crippen LogP contribution < -0.4 is 10.6 Å². The number of carbonyl (C=O) groups is 3. The monoisotopic (exact) mass is 388 g/mol. The summed E-state index contributed by atoms with van der Waals surface area (Å²) in [5, 5.41) is 5.11. The Morgan fingerprint density at radius 2 is 1.74 bits per heavy atom. The Hall–Kier alpha value is -2.94. The molecule has 1 aromatic heterocycles. The average Bonchev–Trinajstić information content (AvgIpc) is 2.63. The van der Waals surface area contributed by atoms with Gasteiger partial charge in [-0.15, -0.1) is 0 Å². The molecule has 0 fully saturated rings. The van der Waals surface area contributed by atoms with E-state index >= 15 is 0 Å². The van der Waals surface area contributed by atoms with E-state index in [1.54, 1.807) is 0 Å². The van der Waals surface area contributed by atoms with E-state index in [4.69, 9.17) is 4.74 Å². The van der Waals surface area contributed by atoms with Crippen LogP contribution in [0.1, 0.15) is 17.0 Å². The molecule has 3 amide bonds. The number of amides is 3. The van der Waals surface area contributed by atoms with E-state index < -0.39 is 24.5 Å². The topological polar surface area (TPSA) is 110 Å². The summed E-state index contributed by atoms with van der Waals surface area (Å²) in [6.45, 7) is 3.42. The highest BCUT2D eigenvalue weighted by atomic mass is 32.2. The maximum atomic E-state index is 11.7. The fourth-order valence-electron chi connectivity index (χ4n) is 2.05. The second-order valence-corrected chi connectivity index (χ2v) is 6.54. The number of aromatic nitrogens is 2. The van der Waals surface area contributed by atoms with Crippen molar-refractivity contribution in [2.24, 2.45) is 0 Å². The van der Waals surface area contributed by atoms with Gasteiger partial charge in [0, 0.05) is 17.9 Å². The number of urea groups is 1. The number of nitrogens with one attached hydrogen (secondary N) is 2. The number of hydrogen-bond acceptors (Lipinski definition) is 7. The van der Waals surface area contributed by atoms with Crippen molar-refractivity contribution in [1.82, 2.24) is 20.6 Å². The van der Waals surface area contributed by atoms with Crippen molar-refractivity contribution in [3.63, 3.8) is 0 Å². The Balaban J connectivity index is 1.65. The zero-order chi connectivity index (χ0) is 19.6. The summed E-state index contributed by atoms with van der Waals surface area (Å²) in [6, 6.07) is 10.4. The summed E-state index contributed by atoms with van der Waals surface area (Å²) in [5.74, 6) is -1.33. The third kappa shape index (κ3) is 7.87. The predicted octanol–water partition coefficient (Wildman–Crippen LogP) is 1.75. The molecule has 1 aromatic carbocycles. The molecule has 0 aliphatic rings.